The number of hydrazone groups is 1. The number of carboxylic acids is 1. The maximum absolute atomic E-state index is 12.9. The Balaban J connectivity index is 1.70. The van der Waals surface area contributed by atoms with Gasteiger partial charge in [0.25, 0.3) is 0 Å². The largest absolute Gasteiger partial charge is 0.481 e. The number of hydrogen-bond acceptors (Lipinski definition) is 3. The molecule has 160 valence electrons. The van der Waals surface area contributed by atoms with E-state index in [0.717, 1.165) is 41.7 Å². The molecule has 0 bridgehead atoms. The number of aliphatic carboxylic acids is 1. The van der Waals surface area contributed by atoms with Crippen LogP contribution < -0.4 is 0 Å². The van der Waals surface area contributed by atoms with E-state index in [9.17, 15) is 9.59 Å². The molecule has 0 spiro atoms. The normalized spacial score (nSPS) is 21.7. The molecule has 1 amide bonds. The molecule has 2 aromatic rings. The topological polar surface area (TPSA) is 70.0 Å². The van der Waals surface area contributed by atoms with Crippen molar-refractivity contribution in [3.8, 4) is 0 Å². The lowest BCUT2D eigenvalue weighted by Crippen LogP contribution is -2.32. The van der Waals surface area contributed by atoms with Gasteiger partial charge in [-0.3, -0.25) is 9.59 Å². The second-order valence-corrected chi connectivity index (χ2v) is 8.71. The van der Waals surface area contributed by atoms with E-state index in [4.69, 9.17) is 33.4 Å². The zero-order valence-electron chi connectivity index (χ0n) is 16.8. The predicted octanol–water partition coefficient (Wildman–Crippen LogP) is 5.98. The molecule has 0 saturated heterocycles. The number of carboxylic acid groups (broad SMARTS) is 1. The van der Waals surface area contributed by atoms with Gasteiger partial charge in [-0.05, 0) is 66.3 Å². The fourth-order valence-electron chi connectivity index (χ4n) is 4.29. The average molecular weight is 457 g/mol. The Morgan fingerprint density at radius 1 is 1.03 bits per heavy atom. The molecule has 7 heteroatoms. The van der Waals surface area contributed by atoms with E-state index in [1.165, 1.54) is 5.01 Å². The van der Waals surface area contributed by atoms with Crippen molar-refractivity contribution in [2.75, 3.05) is 0 Å². The molecule has 1 aliphatic carbocycles. The van der Waals surface area contributed by atoms with Gasteiger partial charge in [0, 0.05) is 22.4 Å². The number of nitrogens with zero attached hydrogens (tertiary/aromatic N) is 2. The van der Waals surface area contributed by atoms with Crippen molar-refractivity contribution in [1.82, 2.24) is 5.01 Å². The second kappa shape index (κ2) is 9.25. The summed E-state index contributed by atoms with van der Waals surface area (Å²) in [5, 5.41) is 16.6. The van der Waals surface area contributed by atoms with Gasteiger partial charge in [-0.15, -0.1) is 0 Å². The van der Waals surface area contributed by atoms with Crippen molar-refractivity contribution in [2.45, 2.75) is 38.1 Å². The summed E-state index contributed by atoms with van der Waals surface area (Å²) >= 11 is 12.1. The molecule has 1 fully saturated rings. The Morgan fingerprint density at radius 2 is 1.68 bits per heavy atom. The number of fused-ring (bicyclic) bond motifs is 1. The number of allylic oxidation sites excluding steroid dienone is 1. The summed E-state index contributed by atoms with van der Waals surface area (Å²) in [7, 11) is 0. The molecule has 0 aromatic heterocycles. The number of halogens is 2. The minimum atomic E-state index is -0.996. The third-order valence-corrected chi connectivity index (χ3v) is 6.24. The highest BCUT2D eigenvalue weighted by atomic mass is 35.5. The van der Waals surface area contributed by atoms with Crippen LogP contribution in [-0.4, -0.2) is 27.7 Å². The summed E-state index contributed by atoms with van der Waals surface area (Å²) in [6, 6.07) is 14.8. The highest BCUT2D eigenvalue weighted by Gasteiger charge is 2.43. The monoisotopic (exact) mass is 456 g/mol. The molecule has 0 radical (unpaired) electrons. The quantitative estimate of drug-likeness (QED) is 0.601. The molecule has 31 heavy (non-hydrogen) atoms. The molecule has 1 saturated carbocycles. The lowest BCUT2D eigenvalue weighted by atomic mass is 9.77. The summed E-state index contributed by atoms with van der Waals surface area (Å²) in [5.41, 5.74) is 3.99. The van der Waals surface area contributed by atoms with Gasteiger partial charge in [-0.25, -0.2) is 5.01 Å². The van der Waals surface area contributed by atoms with E-state index in [2.05, 4.69) is 6.08 Å². The van der Waals surface area contributed by atoms with Crippen molar-refractivity contribution >= 4 is 46.9 Å². The Kier molecular flexibility index (Phi) is 6.44. The van der Waals surface area contributed by atoms with Crippen molar-refractivity contribution in [3.05, 3.63) is 75.3 Å². The van der Waals surface area contributed by atoms with E-state index >= 15 is 0 Å². The first-order chi connectivity index (χ1) is 14.9. The van der Waals surface area contributed by atoms with Gasteiger partial charge >= 0.3 is 5.97 Å². The summed E-state index contributed by atoms with van der Waals surface area (Å²) < 4.78 is 0. The van der Waals surface area contributed by atoms with E-state index in [1.54, 1.807) is 0 Å². The number of carbonyl (C=O) groups is 2. The molecule has 2 aliphatic rings. The maximum Gasteiger partial charge on any atom is 0.303 e. The van der Waals surface area contributed by atoms with Crippen molar-refractivity contribution in [3.63, 3.8) is 0 Å². The zero-order chi connectivity index (χ0) is 22.0. The van der Waals surface area contributed by atoms with Gasteiger partial charge in [0.1, 0.15) is 0 Å². The molecule has 0 unspecified atom stereocenters. The number of carbonyl (C=O) groups excluding carboxylic acids is 1. The Morgan fingerprint density at radius 3 is 2.32 bits per heavy atom. The number of amides is 1. The molecular weight excluding hydrogens is 435 g/mol. The van der Waals surface area contributed by atoms with Gasteiger partial charge in [-0.2, -0.15) is 5.10 Å². The van der Waals surface area contributed by atoms with E-state index < -0.39 is 5.97 Å². The molecule has 5 nitrogen and oxygen atoms in total. The highest BCUT2D eigenvalue weighted by Crippen LogP contribution is 2.44. The SMILES string of the molecule is O=C(O)CCC(=O)N1N=C2/C(=C/c3ccc(Cl)cc3)CCC[C@@H]2[C@@H]1c1ccc(Cl)cc1. The fourth-order valence-corrected chi connectivity index (χ4v) is 4.54. The highest BCUT2D eigenvalue weighted by molar-refractivity contribution is 6.30. The van der Waals surface area contributed by atoms with Crippen LogP contribution in [0.1, 0.15) is 49.3 Å². The smallest absolute Gasteiger partial charge is 0.303 e. The van der Waals surface area contributed by atoms with Gasteiger partial charge in [0.05, 0.1) is 18.2 Å². The first kappa shape index (κ1) is 21.6. The van der Waals surface area contributed by atoms with Gasteiger partial charge in [-0.1, -0.05) is 47.5 Å². The van der Waals surface area contributed by atoms with Crippen LogP contribution >= 0.6 is 23.2 Å². The van der Waals surface area contributed by atoms with Crippen LogP contribution in [0.2, 0.25) is 10.0 Å². The zero-order valence-corrected chi connectivity index (χ0v) is 18.3. The van der Waals surface area contributed by atoms with E-state index in [0.29, 0.717) is 10.0 Å². The van der Waals surface area contributed by atoms with Gasteiger partial charge < -0.3 is 5.11 Å². The van der Waals surface area contributed by atoms with Crippen LogP contribution in [0.5, 0.6) is 0 Å². The van der Waals surface area contributed by atoms with Crippen LogP contribution in [0, 0.1) is 5.92 Å². The summed E-state index contributed by atoms with van der Waals surface area (Å²) in [6.07, 6.45) is 4.58. The van der Waals surface area contributed by atoms with E-state index in [-0.39, 0.29) is 30.7 Å². The number of rotatable bonds is 5. The molecule has 1 heterocycles. The number of benzene rings is 2. The minimum Gasteiger partial charge on any atom is -0.481 e. The van der Waals surface area contributed by atoms with Crippen molar-refractivity contribution in [2.24, 2.45) is 11.0 Å². The number of hydrogen-bond donors (Lipinski definition) is 1. The van der Waals surface area contributed by atoms with Gasteiger partial charge in [0.2, 0.25) is 5.91 Å². The molecule has 2 atom stereocenters. The summed E-state index contributed by atoms with van der Waals surface area (Å²) in [5.74, 6) is -1.22. The van der Waals surface area contributed by atoms with Crippen LogP contribution in [0.15, 0.2) is 59.2 Å². The van der Waals surface area contributed by atoms with Crippen LogP contribution in [0.3, 0.4) is 0 Å². The lowest BCUT2D eigenvalue weighted by molar-refractivity contribution is -0.141. The van der Waals surface area contributed by atoms with Crippen LogP contribution in [-0.2, 0) is 9.59 Å². The van der Waals surface area contributed by atoms with Crippen molar-refractivity contribution in [1.29, 1.82) is 0 Å². The molecular formula is C24H22Cl2N2O3. The molecule has 1 aliphatic heterocycles. The van der Waals surface area contributed by atoms with Crippen molar-refractivity contribution < 1.29 is 14.7 Å². The molecule has 4 rings (SSSR count). The summed E-state index contributed by atoms with van der Waals surface area (Å²) in [4.78, 5) is 23.9. The van der Waals surface area contributed by atoms with Crippen LogP contribution in [0.25, 0.3) is 6.08 Å². The third-order valence-electron chi connectivity index (χ3n) is 5.73. The summed E-state index contributed by atoms with van der Waals surface area (Å²) in [6.45, 7) is 0. The van der Waals surface area contributed by atoms with Crippen LogP contribution in [0.4, 0.5) is 0 Å². The lowest BCUT2D eigenvalue weighted by Gasteiger charge is -2.29. The molecule has 1 N–H and O–H groups in total. The first-order valence-corrected chi connectivity index (χ1v) is 11.0. The second-order valence-electron chi connectivity index (χ2n) is 7.83. The average Bonchev–Trinajstić information content (AvgIpc) is 3.15. The predicted molar refractivity (Wildman–Crippen MR) is 122 cm³/mol. The first-order valence-electron chi connectivity index (χ1n) is 10.3. The Labute approximate surface area is 191 Å². The molecule has 2 aromatic carbocycles. The van der Waals surface area contributed by atoms with E-state index in [1.807, 2.05) is 48.5 Å². The van der Waals surface area contributed by atoms with Gasteiger partial charge in [0.15, 0.2) is 0 Å². The Bertz CT molecular complexity index is 1050. The third kappa shape index (κ3) is 4.83. The standard InChI is InChI=1S/C24H22Cl2N2O3/c25-18-8-4-15(5-9-18)14-17-2-1-3-20-23(17)27-28(21(29)12-13-22(30)31)24(20)16-6-10-19(26)11-7-16/h4-11,14,20,24H,1-3,12-13H2,(H,30,31)/b17-14+/t20-,24-/m0/s1. The maximum atomic E-state index is 12.9. The Hall–Kier alpha value is -2.63. The minimum absolute atomic E-state index is 0.0576. The fraction of sp³-hybridized carbons (Fsp3) is 0.292.